The molecule has 0 saturated carbocycles. The van der Waals surface area contributed by atoms with E-state index in [0.29, 0.717) is 11.3 Å². The summed E-state index contributed by atoms with van der Waals surface area (Å²) in [7, 11) is -3.53. The standard InChI is InChI=1S/C19H23N3O2S/c1-19(2,3)13-4-7-15(8-5-13)25(23,24)22-14-6-9-18(22)16-11-20-12-21-17(16)10-14/h4-5,7-8,11-12,14,18H,6,9-10H2,1-3H3. The molecule has 1 aromatic carbocycles. The third-order valence-electron chi connectivity index (χ3n) is 5.35. The number of benzene rings is 1. The van der Waals surface area contributed by atoms with Crippen molar-refractivity contribution in [1.29, 1.82) is 0 Å². The average molecular weight is 357 g/mol. The first-order chi connectivity index (χ1) is 11.8. The van der Waals surface area contributed by atoms with Crippen molar-refractivity contribution >= 4 is 10.0 Å². The average Bonchev–Trinajstić information content (AvgIpc) is 2.91. The molecule has 6 heteroatoms. The van der Waals surface area contributed by atoms with Gasteiger partial charge in [-0.25, -0.2) is 18.4 Å². The van der Waals surface area contributed by atoms with Crippen molar-refractivity contribution < 1.29 is 8.42 Å². The van der Waals surface area contributed by atoms with Gasteiger partial charge in [-0.3, -0.25) is 0 Å². The molecule has 2 aliphatic heterocycles. The lowest BCUT2D eigenvalue weighted by molar-refractivity contribution is 0.300. The highest BCUT2D eigenvalue weighted by molar-refractivity contribution is 7.89. The second-order valence-electron chi connectivity index (χ2n) is 7.99. The smallest absolute Gasteiger partial charge is 0.243 e. The van der Waals surface area contributed by atoms with Crippen LogP contribution in [0.4, 0.5) is 0 Å². The predicted octanol–water partition coefficient (Wildman–Crippen LogP) is 3.22. The molecule has 2 atom stereocenters. The summed E-state index contributed by atoms with van der Waals surface area (Å²) < 4.78 is 28.3. The van der Waals surface area contributed by atoms with E-state index < -0.39 is 10.0 Å². The summed E-state index contributed by atoms with van der Waals surface area (Å²) in [4.78, 5) is 8.84. The Hall–Kier alpha value is -1.79. The topological polar surface area (TPSA) is 63.2 Å². The molecule has 2 aromatic rings. The Kier molecular flexibility index (Phi) is 3.74. The summed E-state index contributed by atoms with van der Waals surface area (Å²) in [6.45, 7) is 6.37. The van der Waals surface area contributed by atoms with Gasteiger partial charge in [-0.15, -0.1) is 0 Å². The van der Waals surface area contributed by atoms with E-state index in [0.717, 1.165) is 29.7 Å². The number of nitrogens with zero attached hydrogens (tertiary/aromatic N) is 3. The maximum atomic E-state index is 13.3. The lowest BCUT2D eigenvalue weighted by Crippen LogP contribution is -2.42. The Morgan fingerprint density at radius 1 is 1.12 bits per heavy atom. The van der Waals surface area contributed by atoms with E-state index >= 15 is 0 Å². The molecule has 25 heavy (non-hydrogen) atoms. The molecule has 1 fully saturated rings. The van der Waals surface area contributed by atoms with Crippen molar-refractivity contribution in [2.75, 3.05) is 0 Å². The van der Waals surface area contributed by atoms with Crippen LogP contribution in [-0.4, -0.2) is 28.7 Å². The molecule has 132 valence electrons. The van der Waals surface area contributed by atoms with Crippen molar-refractivity contribution in [1.82, 2.24) is 14.3 Å². The fourth-order valence-corrected chi connectivity index (χ4v) is 5.84. The van der Waals surface area contributed by atoms with Gasteiger partial charge in [0.25, 0.3) is 0 Å². The molecule has 0 aliphatic carbocycles. The Bertz CT molecular complexity index is 901. The van der Waals surface area contributed by atoms with E-state index in [1.54, 1.807) is 29.0 Å². The number of sulfonamides is 1. The zero-order chi connectivity index (χ0) is 17.8. The van der Waals surface area contributed by atoms with Gasteiger partial charge in [-0.05, 0) is 36.0 Å². The van der Waals surface area contributed by atoms with E-state index in [2.05, 4.69) is 30.7 Å². The Balaban J connectivity index is 1.72. The maximum absolute atomic E-state index is 13.3. The molecule has 3 heterocycles. The molecule has 2 unspecified atom stereocenters. The monoisotopic (exact) mass is 357 g/mol. The second kappa shape index (κ2) is 5.61. The lowest BCUT2D eigenvalue weighted by Gasteiger charge is -2.34. The van der Waals surface area contributed by atoms with Gasteiger partial charge in [0.05, 0.1) is 16.6 Å². The van der Waals surface area contributed by atoms with Crippen LogP contribution in [0.1, 0.15) is 56.5 Å². The molecule has 2 bridgehead atoms. The van der Waals surface area contributed by atoms with Gasteiger partial charge >= 0.3 is 0 Å². The van der Waals surface area contributed by atoms with Crippen LogP contribution >= 0.6 is 0 Å². The first-order valence-electron chi connectivity index (χ1n) is 8.71. The number of rotatable bonds is 2. The molecule has 0 N–H and O–H groups in total. The minimum Gasteiger partial charge on any atom is -0.244 e. The van der Waals surface area contributed by atoms with Gasteiger partial charge in [0, 0.05) is 24.2 Å². The molecule has 0 spiro atoms. The Labute approximate surface area is 149 Å². The van der Waals surface area contributed by atoms with E-state index in [9.17, 15) is 8.42 Å². The summed E-state index contributed by atoms with van der Waals surface area (Å²) in [6, 6.07) is 7.20. The molecule has 1 aromatic heterocycles. The summed E-state index contributed by atoms with van der Waals surface area (Å²) in [6.07, 6.45) is 5.71. The summed E-state index contributed by atoms with van der Waals surface area (Å²) in [5.74, 6) is 0. The zero-order valence-corrected chi connectivity index (χ0v) is 15.6. The van der Waals surface area contributed by atoms with E-state index in [1.807, 2.05) is 12.1 Å². The lowest BCUT2D eigenvalue weighted by atomic mass is 9.87. The third kappa shape index (κ3) is 2.68. The molecule has 1 saturated heterocycles. The molecule has 5 nitrogen and oxygen atoms in total. The maximum Gasteiger partial charge on any atom is 0.243 e. The van der Waals surface area contributed by atoms with E-state index in [-0.39, 0.29) is 17.5 Å². The summed E-state index contributed by atoms with van der Waals surface area (Å²) >= 11 is 0. The molecule has 4 rings (SSSR count). The van der Waals surface area contributed by atoms with Crippen molar-refractivity contribution in [3.63, 3.8) is 0 Å². The summed E-state index contributed by atoms with van der Waals surface area (Å²) in [5.41, 5.74) is 3.10. The van der Waals surface area contributed by atoms with Crippen LogP contribution in [0.2, 0.25) is 0 Å². The van der Waals surface area contributed by atoms with E-state index in [4.69, 9.17) is 0 Å². The highest BCUT2D eigenvalue weighted by Crippen LogP contribution is 2.45. The Morgan fingerprint density at radius 2 is 1.84 bits per heavy atom. The van der Waals surface area contributed by atoms with Gasteiger partial charge in [0.15, 0.2) is 0 Å². The van der Waals surface area contributed by atoms with Crippen LogP contribution in [0.5, 0.6) is 0 Å². The summed E-state index contributed by atoms with van der Waals surface area (Å²) in [5, 5.41) is 0. The number of fused-ring (bicyclic) bond motifs is 4. The zero-order valence-electron chi connectivity index (χ0n) is 14.8. The molecule has 2 aliphatic rings. The first-order valence-corrected chi connectivity index (χ1v) is 10.2. The van der Waals surface area contributed by atoms with Crippen molar-refractivity contribution in [2.24, 2.45) is 0 Å². The minimum atomic E-state index is -3.53. The number of hydrogen-bond acceptors (Lipinski definition) is 4. The van der Waals surface area contributed by atoms with Crippen LogP contribution in [-0.2, 0) is 21.9 Å². The number of hydrogen-bond donors (Lipinski definition) is 0. The van der Waals surface area contributed by atoms with Gasteiger partial charge in [0.1, 0.15) is 6.33 Å². The van der Waals surface area contributed by atoms with Crippen LogP contribution < -0.4 is 0 Å². The molecular weight excluding hydrogens is 334 g/mol. The van der Waals surface area contributed by atoms with E-state index in [1.165, 1.54) is 0 Å². The fraction of sp³-hybridized carbons (Fsp3) is 0.474. The largest absolute Gasteiger partial charge is 0.244 e. The molecule has 0 amide bonds. The first kappa shape index (κ1) is 16.7. The highest BCUT2D eigenvalue weighted by Gasteiger charge is 2.47. The SMILES string of the molecule is CC(C)(C)c1ccc(S(=O)(=O)N2C3CCC2c2cncnc2C3)cc1. The van der Waals surface area contributed by atoms with Gasteiger partial charge < -0.3 is 0 Å². The van der Waals surface area contributed by atoms with Crippen LogP contribution in [0.15, 0.2) is 41.7 Å². The highest BCUT2D eigenvalue weighted by atomic mass is 32.2. The molecular formula is C19H23N3O2S. The van der Waals surface area contributed by atoms with Crippen LogP contribution in [0.25, 0.3) is 0 Å². The minimum absolute atomic E-state index is 0.000285. The fourth-order valence-electron chi connectivity index (χ4n) is 3.99. The molecule has 0 radical (unpaired) electrons. The third-order valence-corrected chi connectivity index (χ3v) is 7.33. The Morgan fingerprint density at radius 3 is 2.52 bits per heavy atom. The van der Waals surface area contributed by atoms with Crippen LogP contribution in [0.3, 0.4) is 0 Å². The van der Waals surface area contributed by atoms with Crippen molar-refractivity contribution in [3.05, 3.63) is 53.6 Å². The number of aromatic nitrogens is 2. The predicted molar refractivity (Wildman–Crippen MR) is 95.7 cm³/mol. The van der Waals surface area contributed by atoms with Crippen molar-refractivity contribution in [3.8, 4) is 0 Å². The van der Waals surface area contributed by atoms with Gasteiger partial charge in [-0.1, -0.05) is 32.9 Å². The quantitative estimate of drug-likeness (QED) is 0.828. The van der Waals surface area contributed by atoms with Gasteiger partial charge in [-0.2, -0.15) is 4.31 Å². The van der Waals surface area contributed by atoms with Crippen LogP contribution in [0, 0.1) is 0 Å². The normalized spacial score (nSPS) is 23.5. The van der Waals surface area contributed by atoms with Gasteiger partial charge in [0.2, 0.25) is 10.0 Å². The van der Waals surface area contributed by atoms with Crippen molar-refractivity contribution in [2.45, 2.75) is 62.4 Å². The second-order valence-corrected chi connectivity index (χ2v) is 9.83.